The van der Waals surface area contributed by atoms with E-state index in [0.717, 1.165) is 30.2 Å². The van der Waals surface area contributed by atoms with E-state index < -0.39 is 0 Å². The average Bonchev–Trinajstić information content (AvgIpc) is 2.61. The number of hydrogen-bond donors (Lipinski definition) is 0. The highest BCUT2D eigenvalue weighted by molar-refractivity contribution is 6.31. The van der Waals surface area contributed by atoms with Gasteiger partial charge in [-0.2, -0.15) is 5.11 Å². The Labute approximate surface area is 82.0 Å². The molecule has 13 heavy (non-hydrogen) atoms. The summed E-state index contributed by atoms with van der Waals surface area (Å²) in [4.78, 5) is 0. The van der Waals surface area contributed by atoms with Gasteiger partial charge >= 0.3 is 0 Å². The van der Waals surface area contributed by atoms with Crippen LogP contribution in [0.1, 0.15) is 5.56 Å². The van der Waals surface area contributed by atoms with Crippen LogP contribution in [0.3, 0.4) is 0 Å². The van der Waals surface area contributed by atoms with Gasteiger partial charge in [-0.3, -0.25) is 5.01 Å². The molecule has 0 amide bonds. The Morgan fingerprint density at radius 2 is 2.23 bits per heavy atom. The molecule has 68 valence electrons. The molecule has 1 heterocycles. The van der Waals surface area contributed by atoms with Crippen LogP contribution in [-0.4, -0.2) is 18.1 Å². The average molecular weight is 196 g/mol. The topological polar surface area (TPSA) is 28.0 Å². The van der Waals surface area contributed by atoms with Crippen molar-refractivity contribution in [2.75, 3.05) is 13.1 Å². The van der Waals surface area contributed by atoms with Crippen molar-refractivity contribution in [1.82, 2.24) is 5.01 Å². The minimum atomic E-state index is 0.753. The predicted octanol–water partition coefficient (Wildman–Crippen LogP) is 2.52. The van der Waals surface area contributed by atoms with E-state index in [1.165, 1.54) is 0 Å². The highest BCUT2D eigenvalue weighted by Crippen LogP contribution is 2.17. The molecule has 0 atom stereocenters. The summed E-state index contributed by atoms with van der Waals surface area (Å²) in [6.45, 7) is 2.44. The van der Waals surface area contributed by atoms with E-state index in [2.05, 4.69) is 10.3 Å². The lowest BCUT2D eigenvalue weighted by molar-refractivity contribution is 0.311. The van der Waals surface area contributed by atoms with Crippen LogP contribution in [0.2, 0.25) is 5.02 Å². The van der Waals surface area contributed by atoms with Crippen LogP contribution in [0.4, 0.5) is 0 Å². The summed E-state index contributed by atoms with van der Waals surface area (Å²) in [5.74, 6) is 0. The van der Waals surface area contributed by atoms with Crippen molar-refractivity contribution in [2.45, 2.75) is 6.54 Å². The number of rotatable bonds is 2. The highest BCUT2D eigenvalue weighted by atomic mass is 35.5. The predicted molar refractivity (Wildman–Crippen MR) is 51.6 cm³/mol. The molecule has 3 nitrogen and oxygen atoms in total. The Balaban J connectivity index is 2.09. The molecule has 1 aromatic carbocycles. The Morgan fingerprint density at radius 3 is 2.92 bits per heavy atom. The fourth-order valence-electron chi connectivity index (χ4n) is 1.27. The standard InChI is InChI=1S/C9H10ClN3/c10-9-4-2-1-3-8(9)7-13-6-5-11-12-13/h1-4H,5-7H2. The van der Waals surface area contributed by atoms with Gasteiger partial charge in [0.05, 0.1) is 19.6 Å². The molecule has 0 unspecified atom stereocenters. The molecule has 0 saturated heterocycles. The first-order valence-corrected chi connectivity index (χ1v) is 4.60. The van der Waals surface area contributed by atoms with Gasteiger partial charge in [0.15, 0.2) is 0 Å². The van der Waals surface area contributed by atoms with E-state index in [-0.39, 0.29) is 0 Å². The Hall–Kier alpha value is -1.09. The SMILES string of the molecule is Clc1ccccc1CN1CCN=N1. The summed E-state index contributed by atoms with van der Waals surface area (Å²) >= 11 is 6.00. The summed E-state index contributed by atoms with van der Waals surface area (Å²) in [6.07, 6.45) is 0. The largest absolute Gasteiger partial charge is 0.272 e. The second-order valence-electron chi connectivity index (χ2n) is 2.93. The smallest absolute Gasteiger partial charge is 0.0813 e. The maximum absolute atomic E-state index is 6.00. The molecule has 1 aliphatic rings. The number of halogens is 1. The van der Waals surface area contributed by atoms with Crippen molar-refractivity contribution >= 4 is 11.6 Å². The molecule has 0 spiro atoms. The summed E-state index contributed by atoms with van der Waals surface area (Å²) in [5.41, 5.74) is 1.10. The van der Waals surface area contributed by atoms with Crippen LogP contribution in [0, 0.1) is 0 Å². The zero-order chi connectivity index (χ0) is 9.10. The van der Waals surface area contributed by atoms with E-state index >= 15 is 0 Å². The number of benzene rings is 1. The first-order chi connectivity index (χ1) is 6.36. The van der Waals surface area contributed by atoms with Gasteiger partial charge in [0.2, 0.25) is 0 Å². The van der Waals surface area contributed by atoms with Crippen LogP contribution in [0.25, 0.3) is 0 Å². The molecule has 1 aliphatic heterocycles. The van der Waals surface area contributed by atoms with Crippen LogP contribution < -0.4 is 0 Å². The van der Waals surface area contributed by atoms with Crippen LogP contribution in [0.5, 0.6) is 0 Å². The lowest BCUT2D eigenvalue weighted by atomic mass is 10.2. The van der Waals surface area contributed by atoms with Crippen molar-refractivity contribution in [1.29, 1.82) is 0 Å². The third-order valence-electron chi connectivity index (χ3n) is 1.96. The summed E-state index contributed by atoms with van der Waals surface area (Å²) in [7, 11) is 0. The van der Waals surface area contributed by atoms with Gasteiger partial charge in [-0.05, 0) is 11.6 Å². The quantitative estimate of drug-likeness (QED) is 0.713. The van der Waals surface area contributed by atoms with Gasteiger partial charge in [0, 0.05) is 5.02 Å². The summed E-state index contributed by atoms with van der Waals surface area (Å²) < 4.78 is 0. The molecule has 0 saturated carbocycles. The zero-order valence-electron chi connectivity index (χ0n) is 7.15. The fourth-order valence-corrected chi connectivity index (χ4v) is 1.47. The lowest BCUT2D eigenvalue weighted by Gasteiger charge is -2.12. The van der Waals surface area contributed by atoms with E-state index in [1.807, 2.05) is 29.3 Å². The third-order valence-corrected chi connectivity index (χ3v) is 2.33. The van der Waals surface area contributed by atoms with E-state index in [9.17, 15) is 0 Å². The van der Waals surface area contributed by atoms with Crippen molar-refractivity contribution < 1.29 is 0 Å². The summed E-state index contributed by atoms with van der Waals surface area (Å²) in [5, 5.41) is 10.6. The van der Waals surface area contributed by atoms with Gasteiger partial charge < -0.3 is 0 Å². The maximum atomic E-state index is 6.00. The maximum Gasteiger partial charge on any atom is 0.0813 e. The molecule has 2 rings (SSSR count). The first-order valence-electron chi connectivity index (χ1n) is 4.22. The van der Waals surface area contributed by atoms with Crippen LogP contribution in [-0.2, 0) is 6.54 Å². The van der Waals surface area contributed by atoms with Crippen molar-refractivity contribution in [3.63, 3.8) is 0 Å². The number of nitrogens with zero attached hydrogens (tertiary/aromatic N) is 3. The molecular formula is C9H10ClN3. The van der Waals surface area contributed by atoms with E-state index in [4.69, 9.17) is 11.6 Å². The van der Waals surface area contributed by atoms with Gasteiger partial charge in [-0.1, -0.05) is 35.0 Å². The van der Waals surface area contributed by atoms with Crippen molar-refractivity contribution in [3.8, 4) is 0 Å². The van der Waals surface area contributed by atoms with E-state index in [0.29, 0.717) is 0 Å². The van der Waals surface area contributed by atoms with Crippen LogP contribution >= 0.6 is 11.6 Å². The molecule has 0 aliphatic carbocycles. The zero-order valence-corrected chi connectivity index (χ0v) is 7.91. The molecule has 0 aromatic heterocycles. The Bertz CT molecular complexity index is 324. The van der Waals surface area contributed by atoms with Crippen molar-refractivity contribution in [3.05, 3.63) is 34.9 Å². The molecule has 4 heteroatoms. The molecule has 0 fully saturated rings. The van der Waals surface area contributed by atoms with Gasteiger partial charge in [-0.15, -0.1) is 0 Å². The Kier molecular flexibility index (Phi) is 2.45. The monoisotopic (exact) mass is 195 g/mol. The molecule has 0 N–H and O–H groups in total. The fraction of sp³-hybridized carbons (Fsp3) is 0.333. The molecule has 0 bridgehead atoms. The Morgan fingerprint density at radius 1 is 1.38 bits per heavy atom. The first kappa shape index (κ1) is 8.51. The molecule has 1 aromatic rings. The van der Waals surface area contributed by atoms with Gasteiger partial charge in [0.25, 0.3) is 0 Å². The summed E-state index contributed by atoms with van der Waals surface area (Å²) in [6, 6.07) is 7.81. The minimum absolute atomic E-state index is 0.753. The molecular weight excluding hydrogens is 186 g/mol. The number of hydrogen-bond acceptors (Lipinski definition) is 3. The normalized spacial score (nSPS) is 15.3. The third kappa shape index (κ3) is 1.98. The molecule has 0 radical (unpaired) electrons. The minimum Gasteiger partial charge on any atom is -0.272 e. The lowest BCUT2D eigenvalue weighted by Crippen LogP contribution is -2.14. The highest BCUT2D eigenvalue weighted by Gasteiger charge is 2.08. The second kappa shape index (κ2) is 3.75. The van der Waals surface area contributed by atoms with Crippen molar-refractivity contribution in [2.24, 2.45) is 10.3 Å². The van der Waals surface area contributed by atoms with Gasteiger partial charge in [-0.25, -0.2) is 0 Å². The van der Waals surface area contributed by atoms with E-state index in [1.54, 1.807) is 0 Å². The van der Waals surface area contributed by atoms with Gasteiger partial charge in [0.1, 0.15) is 0 Å². The van der Waals surface area contributed by atoms with Crippen LogP contribution in [0.15, 0.2) is 34.6 Å². The second-order valence-corrected chi connectivity index (χ2v) is 3.34.